The molecule has 1 aliphatic carbocycles. The molecule has 0 atom stereocenters. The topological polar surface area (TPSA) is 17.1 Å². The van der Waals surface area contributed by atoms with Crippen molar-refractivity contribution in [3.8, 4) is 0 Å². The summed E-state index contributed by atoms with van der Waals surface area (Å²) in [5.74, 6) is 0.105. The van der Waals surface area contributed by atoms with Crippen LogP contribution in [0.3, 0.4) is 0 Å². The molecule has 0 heterocycles. The first kappa shape index (κ1) is 11.0. The summed E-state index contributed by atoms with van der Waals surface area (Å²) in [5, 5.41) is 0. The molecular weight excluding hydrogens is 172 g/mol. The van der Waals surface area contributed by atoms with Gasteiger partial charge in [-0.1, -0.05) is 37.6 Å². The molecule has 0 amide bonds. The molecule has 0 unspecified atom stereocenters. The van der Waals surface area contributed by atoms with Crippen molar-refractivity contribution in [1.82, 2.24) is 0 Å². The van der Waals surface area contributed by atoms with Gasteiger partial charge in [-0.25, -0.2) is 0 Å². The quantitative estimate of drug-likeness (QED) is 0.610. The minimum absolute atomic E-state index is 0.105. The summed E-state index contributed by atoms with van der Waals surface area (Å²) < 4.78 is 0. The van der Waals surface area contributed by atoms with Crippen molar-refractivity contribution < 1.29 is 4.79 Å². The highest BCUT2D eigenvalue weighted by atomic mass is 16.1. The van der Waals surface area contributed by atoms with E-state index in [0.29, 0.717) is 0 Å². The maximum atomic E-state index is 10.8. The summed E-state index contributed by atoms with van der Waals surface area (Å²) in [6, 6.07) is 0. The molecule has 0 radical (unpaired) electrons. The highest BCUT2D eigenvalue weighted by molar-refractivity contribution is 5.87. The molecule has 0 bridgehead atoms. The third-order valence-corrected chi connectivity index (χ3v) is 2.55. The second-order valence-corrected chi connectivity index (χ2v) is 4.64. The van der Waals surface area contributed by atoms with Crippen LogP contribution < -0.4 is 0 Å². The Balaban J connectivity index is 2.91. The largest absolute Gasteiger partial charge is 0.295 e. The third kappa shape index (κ3) is 2.69. The molecule has 0 fully saturated rings. The molecule has 0 aromatic rings. The summed E-state index contributed by atoms with van der Waals surface area (Å²) in [5.41, 5.74) is 2.79. The van der Waals surface area contributed by atoms with Gasteiger partial charge in [0.1, 0.15) is 0 Å². The molecule has 0 aromatic heterocycles. The molecule has 76 valence electrons. The van der Waals surface area contributed by atoms with E-state index in [4.69, 9.17) is 0 Å². The second kappa shape index (κ2) is 3.95. The number of hydrogen-bond acceptors (Lipinski definition) is 1. The molecule has 0 aliphatic heterocycles. The van der Waals surface area contributed by atoms with Gasteiger partial charge in [0.15, 0.2) is 5.78 Å². The molecule has 1 nitrogen and oxygen atoms in total. The average Bonchev–Trinajstić information content (AvgIpc) is 2.00. The number of carbonyl (C=O) groups is 1. The predicted octanol–water partition coefficient (Wildman–Crippen LogP) is 3.43. The van der Waals surface area contributed by atoms with Crippen LogP contribution in [0, 0.1) is 5.41 Å². The number of rotatable bonds is 2. The molecule has 0 saturated carbocycles. The molecule has 0 saturated heterocycles. The van der Waals surface area contributed by atoms with Crippen LogP contribution in [-0.2, 0) is 4.79 Å². The lowest BCUT2D eigenvalue weighted by atomic mass is 9.75. The highest BCUT2D eigenvalue weighted by Gasteiger charge is 2.23. The SMILES string of the molecule is CC(=O)/C=C/C1=CC=C(C)CC1(C)C. The molecule has 0 spiro atoms. The van der Waals surface area contributed by atoms with Crippen molar-refractivity contribution in [2.24, 2.45) is 5.41 Å². The van der Waals surface area contributed by atoms with Crippen molar-refractivity contribution in [3.05, 3.63) is 35.5 Å². The zero-order chi connectivity index (χ0) is 10.8. The Kier molecular flexibility index (Phi) is 3.10. The van der Waals surface area contributed by atoms with Gasteiger partial charge in [0.05, 0.1) is 0 Å². The smallest absolute Gasteiger partial charge is 0.152 e. The molecule has 1 aliphatic rings. The van der Waals surface area contributed by atoms with Gasteiger partial charge >= 0.3 is 0 Å². The standard InChI is InChI=1S/C13H18O/c1-10-5-7-12(8-6-11(2)14)13(3,4)9-10/h5-8H,9H2,1-4H3/b8-6+. The summed E-state index contributed by atoms with van der Waals surface area (Å²) >= 11 is 0. The van der Waals surface area contributed by atoms with Crippen molar-refractivity contribution in [2.75, 3.05) is 0 Å². The summed E-state index contributed by atoms with van der Waals surface area (Å²) in [6.45, 7) is 8.14. The Morgan fingerprint density at radius 2 is 2.07 bits per heavy atom. The molecule has 0 N–H and O–H groups in total. The first-order valence-corrected chi connectivity index (χ1v) is 4.98. The lowest BCUT2D eigenvalue weighted by molar-refractivity contribution is -0.112. The van der Waals surface area contributed by atoms with E-state index in [1.54, 1.807) is 13.0 Å². The van der Waals surface area contributed by atoms with E-state index in [1.807, 2.05) is 6.08 Å². The predicted molar refractivity (Wildman–Crippen MR) is 60.1 cm³/mol. The van der Waals surface area contributed by atoms with Gasteiger partial charge < -0.3 is 0 Å². The zero-order valence-electron chi connectivity index (χ0n) is 9.42. The minimum atomic E-state index is 0.105. The fourth-order valence-corrected chi connectivity index (χ4v) is 1.80. The Morgan fingerprint density at radius 1 is 1.43 bits per heavy atom. The van der Waals surface area contributed by atoms with Crippen LogP contribution in [0.15, 0.2) is 35.5 Å². The minimum Gasteiger partial charge on any atom is -0.295 e. The number of allylic oxidation sites excluding steroid dienone is 6. The van der Waals surface area contributed by atoms with Gasteiger partial charge in [0.2, 0.25) is 0 Å². The third-order valence-electron chi connectivity index (χ3n) is 2.55. The first-order chi connectivity index (χ1) is 6.42. The normalized spacial score (nSPS) is 20.6. The summed E-state index contributed by atoms with van der Waals surface area (Å²) in [4.78, 5) is 10.8. The molecular formula is C13H18O. The van der Waals surface area contributed by atoms with Crippen molar-refractivity contribution in [1.29, 1.82) is 0 Å². The number of carbonyl (C=O) groups excluding carboxylic acids is 1. The Bertz CT molecular complexity index is 327. The van der Waals surface area contributed by atoms with Crippen molar-refractivity contribution in [3.63, 3.8) is 0 Å². The number of ketones is 1. The second-order valence-electron chi connectivity index (χ2n) is 4.64. The Labute approximate surface area is 86.2 Å². The number of hydrogen-bond donors (Lipinski definition) is 0. The van der Waals surface area contributed by atoms with Gasteiger partial charge in [-0.15, -0.1) is 0 Å². The van der Waals surface area contributed by atoms with E-state index >= 15 is 0 Å². The fraction of sp³-hybridized carbons (Fsp3) is 0.462. The van der Waals surface area contributed by atoms with Crippen LogP contribution in [0.4, 0.5) is 0 Å². The van der Waals surface area contributed by atoms with E-state index in [1.165, 1.54) is 11.1 Å². The van der Waals surface area contributed by atoms with Crippen molar-refractivity contribution in [2.45, 2.75) is 34.1 Å². The van der Waals surface area contributed by atoms with Gasteiger partial charge in [0, 0.05) is 0 Å². The summed E-state index contributed by atoms with van der Waals surface area (Å²) in [7, 11) is 0. The van der Waals surface area contributed by atoms with Crippen LogP contribution in [0.1, 0.15) is 34.1 Å². The highest BCUT2D eigenvalue weighted by Crippen LogP contribution is 2.37. The van der Waals surface area contributed by atoms with Gasteiger partial charge in [-0.2, -0.15) is 0 Å². The molecule has 0 aromatic carbocycles. The average molecular weight is 190 g/mol. The van der Waals surface area contributed by atoms with Crippen LogP contribution >= 0.6 is 0 Å². The van der Waals surface area contributed by atoms with E-state index in [-0.39, 0.29) is 11.2 Å². The van der Waals surface area contributed by atoms with Gasteiger partial charge in [-0.3, -0.25) is 4.79 Å². The van der Waals surface area contributed by atoms with E-state index in [0.717, 1.165) is 6.42 Å². The van der Waals surface area contributed by atoms with Crippen molar-refractivity contribution >= 4 is 5.78 Å². The maximum absolute atomic E-state index is 10.8. The van der Waals surface area contributed by atoms with Gasteiger partial charge in [-0.05, 0) is 37.3 Å². The molecule has 1 heteroatoms. The van der Waals surface area contributed by atoms with E-state index in [9.17, 15) is 4.79 Å². The zero-order valence-corrected chi connectivity index (χ0v) is 9.42. The molecule has 14 heavy (non-hydrogen) atoms. The van der Waals surface area contributed by atoms with Crippen LogP contribution in [0.25, 0.3) is 0 Å². The first-order valence-electron chi connectivity index (χ1n) is 4.98. The lowest BCUT2D eigenvalue weighted by Crippen LogP contribution is -2.16. The summed E-state index contributed by atoms with van der Waals surface area (Å²) in [6.07, 6.45) is 8.89. The van der Waals surface area contributed by atoms with E-state index in [2.05, 4.69) is 32.9 Å². The van der Waals surface area contributed by atoms with Crippen LogP contribution in [0.5, 0.6) is 0 Å². The van der Waals surface area contributed by atoms with Crippen LogP contribution in [-0.4, -0.2) is 5.78 Å². The van der Waals surface area contributed by atoms with Crippen LogP contribution in [0.2, 0.25) is 0 Å². The monoisotopic (exact) mass is 190 g/mol. The van der Waals surface area contributed by atoms with E-state index < -0.39 is 0 Å². The lowest BCUT2D eigenvalue weighted by Gasteiger charge is -2.29. The fourth-order valence-electron chi connectivity index (χ4n) is 1.80. The Morgan fingerprint density at radius 3 is 2.57 bits per heavy atom. The molecule has 1 rings (SSSR count). The Hall–Kier alpha value is -1.11. The van der Waals surface area contributed by atoms with Gasteiger partial charge in [0.25, 0.3) is 0 Å². The maximum Gasteiger partial charge on any atom is 0.152 e.